The van der Waals surface area contributed by atoms with Gasteiger partial charge in [-0.1, -0.05) is 36.2 Å². The van der Waals surface area contributed by atoms with Gasteiger partial charge in [-0.25, -0.2) is 12.8 Å². The van der Waals surface area contributed by atoms with Crippen molar-refractivity contribution in [2.45, 2.75) is 57.6 Å². The molecule has 2 amide bonds. The van der Waals surface area contributed by atoms with Gasteiger partial charge in [0, 0.05) is 28.2 Å². The van der Waals surface area contributed by atoms with Gasteiger partial charge in [-0.05, 0) is 87.9 Å². The molecule has 0 radical (unpaired) electrons. The van der Waals surface area contributed by atoms with Crippen molar-refractivity contribution in [2.24, 2.45) is 0 Å². The predicted octanol–water partition coefficient (Wildman–Crippen LogP) is 6.06. The van der Waals surface area contributed by atoms with E-state index < -0.39 is 40.2 Å². The first kappa shape index (κ1) is 33.2. The molecule has 0 bridgehead atoms. The summed E-state index contributed by atoms with van der Waals surface area (Å²) in [5.74, 6) is -1.17. The van der Waals surface area contributed by atoms with Gasteiger partial charge in [0.15, 0.2) is 0 Å². The van der Waals surface area contributed by atoms with E-state index in [2.05, 4.69) is 5.32 Å². The average Bonchev–Trinajstić information content (AvgIpc) is 2.93. The van der Waals surface area contributed by atoms with Gasteiger partial charge in [0.05, 0.1) is 17.2 Å². The number of halogens is 3. The van der Waals surface area contributed by atoms with Crippen molar-refractivity contribution < 1.29 is 27.1 Å². The molecule has 3 rings (SSSR count). The number of carbonyl (C=O) groups excluding carboxylic acids is 2. The Morgan fingerprint density at radius 1 is 0.952 bits per heavy atom. The standard InChI is InChI=1S/C30H34Cl2FN3O5S/c1-5-28(30(38)34-20(3)4)35(18-25-26(31)8-7-9-27(25)32)29(37)19-36(22-12-14-23(15-13-22)41-6-2)42(39,40)24-16-10-21(33)11-17-24/h7-17,20,28H,5-6,18-19H2,1-4H3,(H,34,38)/t28-/m1/s1. The molecule has 3 aromatic carbocycles. The summed E-state index contributed by atoms with van der Waals surface area (Å²) in [6.07, 6.45) is 0.236. The lowest BCUT2D eigenvalue weighted by Crippen LogP contribution is -2.53. The van der Waals surface area contributed by atoms with Crippen LogP contribution >= 0.6 is 23.2 Å². The molecule has 0 aliphatic carbocycles. The summed E-state index contributed by atoms with van der Waals surface area (Å²) in [5.41, 5.74) is 0.588. The van der Waals surface area contributed by atoms with Crippen LogP contribution in [-0.2, 0) is 26.2 Å². The van der Waals surface area contributed by atoms with Crippen LogP contribution in [0.5, 0.6) is 5.75 Å². The van der Waals surface area contributed by atoms with Crippen LogP contribution in [0.15, 0.2) is 71.6 Å². The van der Waals surface area contributed by atoms with Crippen LogP contribution < -0.4 is 14.4 Å². The van der Waals surface area contributed by atoms with E-state index in [9.17, 15) is 22.4 Å². The third-order valence-corrected chi connectivity index (χ3v) is 8.82. The summed E-state index contributed by atoms with van der Waals surface area (Å²) < 4.78 is 47.8. The molecule has 12 heteroatoms. The number of carbonyl (C=O) groups is 2. The zero-order chi connectivity index (χ0) is 31.0. The summed E-state index contributed by atoms with van der Waals surface area (Å²) in [6.45, 7) is 6.76. The molecule has 8 nitrogen and oxygen atoms in total. The van der Waals surface area contributed by atoms with E-state index in [1.165, 1.54) is 17.0 Å². The molecule has 0 saturated heterocycles. The third kappa shape index (κ3) is 8.14. The minimum absolute atomic E-state index is 0.144. The molecule has 0 heterocycles. The summed E-state index contributed by atoms with van der Waals surface area (Å²) in [4.78, 5) is 28.4. The van der Waals surface area contributed by atoms with Gasteiger partial charge in [0.2, 0.25) is 11.8 Å². The second kappa shape index (κ2) is 14.7. The second-order valence-corrected chi connectivity index (χ2v) is 12.4. The highest BCUT2D eigenvalue weighted by Crippen LogP contribution is 2.29. The Bertz CT molecular complexity index is 1470. The molecule has 3 aromatic rings. The molecule has 1 N–H and O–H groups in total. The van der Waals surface area contributed by atoms with Crippen molar-refractivity contribution in [3.8, 4) is 5.75 Å². The van der Waals surface area contributed by atoms with Crippen molar-refractivity contribution in [1.82, 2.24) is 10.2 Å². The number of hydrogen-bond donors (Lipinski definition) is 1. The predicted molar refractivity (Wildman–Crippen MR) is 163 cm³/mol. The van der Waals surface area contributed by atoms with Gasteiger partial charge in [0.1, 0.15) is 24.2 Å². The van der Waals surface area contributed by atoms with E-state index in [4.69, 9.17) is 27.9 Å². The van der Waals surface area contributed by atoms with Crippen LogP contribution in [0.4, 0.5) is 10.1 Å². The zero-order valence-corrected chi connectivity index (χ0v) is 26.1. The van der Waals surface area contributed by atoms with Crippen molar-refractivity contribution in [2.75, 3.05) is 17.5 Å². The van der Waals surface area contributed by atoms with E-state index in [1.807, 2.05) is 6.92 Å². The van der Waals surface area contributed by atoms with E-state index in [0.717, 1.165) is 28.6 Å². The summed E-state index contributed by atoms with van der Waals surface area (Å²) >= 11 is 12.9. The lowest BCUT2D eigenvalue weighted by Gasteiger charge is -2.34. The van der Waals surface area contributed by atoms with Crippen molar-refractivity contribution in [3.05, 3.63) is 88.2 Å². The SMILES string of the molecule is CCOc1ccc(N(CC(=O)N(Cc2c(Cl)cccc2Cl)[C@H](CC)C(=O)NC(C)C)S(=O)(=O)c2ccc(F)cc2)cc1. The lowest BCUT2D eigenvalue weighted by molar-refractivity contribution is -0.140. The largest absolute Gasteiger partial charge is 0.494 e. The molecule has 0 aliphatic heterocycles. The fraction of sp³-hybridized carbons (Fsp3) is 0.333. The number of nitrogens with zero attached hydrogens (tertiary/aromatic N) is 2. The maximum Gasteiger partial charge on any atom is 0.264 e. The summed E-state index contributed by atoms with van der Waals surface area (Å²) in [5, 5.41) is 3.42. The molecule has 0 aromatic heterocycles. The van der Waals surface area contributed by atoms with E-state index >= 15 is 0 Å². The van der Waals surface area contributed by atoms with Crippen LogP contribution in [-0.4, -0.2) is 50.4 Å². The van der Waals surface area contributed by atoms with Gasteiger partial charge >= 0.3 is 0 Å². The monoisotopic (exact) mass is 637 g/mol. The number of sulfonamides is 1. The van der Waals surface area contributed by atoms with Gasteiger partial charge in [0.25, 0.3) is 10.0 Å². The van der Waals surface area contributed by atoms with Crippen LogP contribution in [0, 0.1) is 5.82 Å². The topological polar surface area (TPSA) is 96.0 Å². The van der Waals surface area contributed by atoms with Crippen molar-refractivity contribution in [1.29, 1.82) is 0 Å². The molecule has 0 saturated carbocycles. The number of amides is 2. The molecule has 1 atom stereocenters. The minimum Gasteiger partial charge on any atom is -0.494 e. The smallest absolute Gasteiger partial charge is 0.264 e. The number of nitrogens with one attached hydrogen (secondary N) is 1. The van der Waals surface area contributed by atoms with E-state index in [-0.39, 0.29) is 29.6 Å². The quantitative estimate of drug-likeness (QED) is 0.246. The summed E-state index contributed by atoms with van der Waals surface area (Å²) in [7, 11) is -4.36. The van der Waals surface area contributed by atoms with Gasteiger partial charge in [-0.2, -0.15) is 0 Å². The minimum atomic E-state index is -4.36. The first-order valence-corrected chi connectivity index (χ1v) is 15.6. The number of anilines is 1. The molecule has 226 valence electrons. The molecular formula is C30H34Cl2FN3O5S. The molecular weight excluding hydrogens is 604 g/mol. The molecule has 0 aliphatic rings. The molecule has 0 spiro atoms. The first-order valence-electron chi connectivity index (χ1n) is 13.4. The maximum atomic E-state index is 14.1. The highest BCUT2D eigenvalue weighted by Gasteiger charge is 2.34. The molecule has 0 fully saturated rings. The number of hydrogen-bond acceptors (Lipinski definition) is 5. The normalized spacial score (nSPS) is 12.1. The van der Waals surface area contributed by atoms with E-state index in [1.54, 1.807) is 51.1 Å². The number of rotatable bonds is 13. The number of benzene rings is 3. The van der Waals surface area contributed by atoms with Gasteiger partial charge in [-0.15, -0.1) is 0 Å². The lowest BCUT2D eigenvalue weighted by atomic mass is 10.1. The Kier molecular flexibility index (Phi) is 11.6. The van der Waals surface area contributed by atoms with Crippen molar-refractivity contribution >= 4 is 50.7 Å². The Labute approximate surface area is 256 Å². The molecule has 42 heavy (non-hydrogen) atoms. The third-order valence-electron chi connectivity index (χ3n) is 6.32. The molecule has 0 unspecified atom stereocenters. The van der Waals surface area contributed by atoms with E-state index in [0.29, 0.717) is 28.0 Å². The van der Waals surface area contributed by atoms with Crippen LogP contribution in [0.1, 0.15) is 39.7 Å². The Morgan fingerprint density at radius 3 is 2.07 bits per heavy atom. The first-order chi connectivity index (χ1) is 19.9. The highest BCUT2D eigenvalue weighted by atomic mass is 35.5. The van der Waals surface area contributed by atoms with Crippen LogP contribution in [0.3, 0.4) is 0 Å². The van der Waals surface area contributed by atoms with Crippen LogP contribution in [0.2, 0.25) is 10.0 Å². The second-order valence-electron chi connectivity index (χ2n) is 9.70. The van der Waals surface area contributed by atoms with Crippen molar-refractivity contribution in [3.63, 3.8) is 0 Å². The van der Waals surface area contributed by atoms with Crippen LogP contribution in [0.25, 0.3) is 0 Å². The Balaban J connectivity index is 2.10. The zero-order valence-electron chi connectivity index (χ0n) is 23.8. The Morgan fingerprint density at radius 2 is 1.55 bits per heavy atom. The Hall–Kier alpha value is -3.34. The number of ether oxygens (including phenoxy) is 1. The fourth-order valence-corrected chi connectivity index (χ4v) is 6.22. The maximum absolute atomic E-state index is 14.1. The fourth-order valence-electron chi connectivity index (χ4n) is 4.29. The summed E-state index contributed by atoms with van der Waals surface area (Å²) in [6, 6.07) is 14.2. The average molecular weight is 639 g/mol. The van der Waals surface area contributed by atoms with Gasteiger partial charge in [-0.3, -0.25) is 13.9 Å². The van der Waals surface area contributed by atoms with Gasteiger partial charge < -0.3 is 15.0 Å². The highest BCUT2D eigenvalue weighted by molar-refractivity contribution is 7.92.